The Morgan fingerprint density at radius 2 is 1.13 bits per heavy atom. The van der Waals surface area contributed by atoms with Crippen molar-refractivity contribution in [3.05, 3.63) is 49.7 Å². The predicted octanol–water partition coefficient (Wildman–Crippen LogP) is 6.03. The van der Waals surface area contributed by atoms with Crippen LogP contribution in [0, 0.1) is 0 Å². The van der Waals surface area contributed by atoms with Crippen LogP contribution in [0.4, 0.5) is 0 Å². The highest BCUT2D eigenvalue weighted by Crippen LogP contribution is 2.14. The first-order valence-corrected chi connectivity index (χ1v) is 21.1. The van der Waals surface area contributed by atoms with E-state index in [1.54, 1.807) is 14.7 Å². The molecule has 3 heterocycles. The molecule has 1 saturated heterocycles. The van der Waals surface area contributed by atoms with Gasteiger partial charge in [0.1, 0.15) is 24.8 Å². The minimum Gasteiger partial charge on any atom is -0.307 e. The number of aryl methyl sites for hydroxylation is 4. The summed E-state index contributed by atoms with van der Waals surface area (Å²) in [5.74, 6) is -0.226. The van der Waals surface area contributed by atoms with Gasteiger partial charge in [0.25, 0.3) is 0 Å². The van der Waals surface area contributed by atoms with Crippen molar-refractivity contribution in [2.75, 3.05) is 33.1 Å². The lowest BCUT2D eigenvalue weighted by molar-refractivity contribution is -0.697. The minimum atomic E-state index is -0.0867. The second-order valence-corrected chi connectivity index (χ2v) is 15.3. The highest BCUT2D eigenvalue weighted by molar-refractivity contribution is 9.04. The van der Waals surface area contributed by atoms with E-state index in [9.17, 15) is 14.4 Å². The number of rotatable bonds is 26. The smallest absolute Gasteiger partial charge is 0.249 e. The number of hydrogen-bond donors (Lipinski definition) is 0. The average molecular weight is 804 g/mol. The molecule has 1 aliphatic heterocycles. The van der Waals surface area contributed by atoms with Crippen molar-refractivity contribution in [1.29, 1.82) is 0 Å². The van der Waals surface area contributed by atoms with Gasteiger partial charge >= 0.3 is 0 Å². The lowest BCUT2D eigenvalue weighted by Gasteiger charge is -2.42. The largest absolute Gasteiger partial charge is 0.307 e. The highest BCUT2D eigenvalue weighted by atomic mass is 79.9. The van der Waals surface area contributed by atoms with Crippen LogP contribution in [0.15, 0.2) is 49.7 Å². The Kier molecular flexibility index (Phi) is 21.2. The molecule has 0 atom stereocenters. The van der Waals surface area contributed by atoms with Gasteiger partial charge in [0.2, 0.25) is 36.7 Å². The number of aromatic nitrogens is 4. The van der Waals surface area contributed by atoms with Crippen LogP contribution in [0.1, 0.15) is 124 Å². The van der Waals surface area contributed by atoms with E-state index in [1.807, 2.05) is 55.6 Å². The van der Waals surface area contributed by atoms with Crippen LogP contribution in [0.5, 0.6) is 0 Å². The molecule has 0 aromatic carbocycles. The van der Waals surface area contributed by atoms with E-state index < -0.39 is 0 Å². The molecule has 0 aliphatic carbocycles. The molecule has 1 fully saturated rings. The van der Waals surface area contributed by atoms with Crippen molar-refractivity contribution in [3.63, 3.8) is 0 Å². The van der Waals surface area contributed by atoms with Crippen LogP contribution < -0.4 is 9.13 Å². The Hall–Kier alpha value is -3.48. The maximum absolute atomic E-state index is 13.7. The molecule has 3 rings (SSSR count). The number of hydrogen-bond acceptors (Lipinski definition) is 3. The molecule has 2 aromatic rings. The van der Waals surface area contributed by atoms with Gasteiger partial charge in [-0.3, -0.25) is 14.4 Å². The molecule has 13 heteroatoms. The maximum Gasteiger partial charge on any atom is 0.249 e. The molecule has 0 bridgehead atoms. The number of carbonyl (C=O) groups is 3. The molecule has 0 unspecified atom stereocenters. The van der Waals surface area contributed by atoms with Gasteiger partial charge in [-0.05, 0) is 51.5 Å². The molecule has 53 heavy (non-hydrogen) atoms. The first kappa shape index (κ1) is 43.9. The summed E-state index contributed by atoms with van der Waals surface area (Å²) in [4.78, 5) is 48.0. The summed E-state index contributed by atoms with van der Waals surface area (Å²) < 4.78 is 10.4. The van der Waals surface area contributed by atoms with Gasteiger partial charge in [0.05, 0.1) is 84.7 Å². The van der Waals surface area contributed by atoms with Crippen LogP contribution in [-0.2, 0) is 40.6 Å². The molecule has 0 radical (unpaired) electrons. The normalized spacial score (nSPS) is 13.8. The molecule has 3 amide bonds. The third-order valence-electron chi connectivity index (χ3n) is 9.71. The number of halogens is 1. The molecular weight excluding hydrogens is 734 g/mol. The standard InChI is InChI=1S/C40H69BrN9O3/c1-5-9-12-15-22-43-28-30-45(32-43)26-19-39(52)48-35-47(38(51)18-25-42(21-8-4)34-50(41)24-17-14-11-7-3)36-49(37-48)40(53)20-27-46-31-29-44(33-46)23-16-13-10-6-2/h8,21,28-34H,5-7,9-20,22-27,35-37H2,1-4H3/q+3/b21-8-. The molecule has 2 aromatic heterocycles. The molecular formula is C40H69BrN9O3+3. The van der Waals surface area contributed by atoms with Crippen LogP contribution in [0.2, 0.25) is 0 Å². The van der Waals surface area contributed by atoms with Gasteiger partial charge in [-0.1, -0.05) is 59.3 Å². The fourth-order valence-corrected chi connectivity index (χ4v) is 6.98. The van der Waals surface area contributed by atoms with Crippen molar-refractivity contribution < 1.29 is 27.1 Å². The van der Waals surface area contributed by atoms with Crippen LogP contribution in [0.3, 0.4) is 0 Å². The van der Waals surface area contributed by atoms with Crippen LogP contribution in [0.25, 0.3) is 0 Å². The van der Waals surface area contributed by atoms with Crippen molar-refractivity contribution >= 4 is 40.2 Å². The average Bonchev–Trinajstić information content (AvgIpc) is 3.83. The SMILES string of the molecule is C/C=C\N(/C=[N+](\Br)CCCCCC)CCC(=O)N1CN(C(=O)CCn2cc[n+](CCCCCC)c2)CN(C(=O)CCn2cc[n+](CCCCCC)c2)C1. The van der Waals surface area contributed by atoms with E-state index in [2.05, 4.69) is 71.1 Å². The second-order valence-electron chi connectivity index (χ2n) is 14.4. The zero-order chi connectivity index (χ0) is 38.3. The summed E-state index contributed by atoms with van der Waals surface area (Å²) in [5, 5.41) is 0. The maximum atomic E-state index is 13.7. The fourth-order valence-electron chi connectivity index (χ4n) is 6.49. The van der Waals surface area contributed by atoms with Gasteiger partial charge in [-0.25, -0.2) is 23.2 Å². The zero-order valence-electron chi connectivity index (χ0n) is 33.3. The van der Waals surface area contributed by atoms with Gasteiger partial charge in [0, 0.05) is 0 Å². The van der Waals surface area contributed by atoms with E-state index in [0.29, 0.717) is 32.5 Å². The molecule has 0 saturated carbocycles. The van der Waals surface area contributed by atoms with Gasteiger partial charge in [0.15, 0.2) is 16.1 Å². The van der Waals surface area contributed by atoms with E-state index in [-0.39, 0.29) is 44.1 Å². The van der Waals surface area contributed by atoms with E-state index in [4.69, 9.17) is 0 Å². The lowest BCUT2D eigenvalue weighted by atomic mass is 10.2. The van der Waals surface area contributed by atoms with Gasteiger partial charge in [-0.2, -0.15) is 3.60 Å². The minimum absolute atomic E-state index is 0.0695. The molecule has 0 spiro atoms. The Balaban J connectivity index is 1.63. The molecule has 12 nitrogen and oxygen atoms in total. The quantitative estimate of drug-likeness (QED) is 0.0383. The first-order valence-electron chi connectivity index (χ1n) is 20.3. The summed E-state index contributed by atoms with van der Waals surface area (Å²) in [6.07, 6.45) is 33.3. The van der Waals surface area contributed by atoms with Crippen molar-refractivity contribution in [3.8, 4) is 0 Å². The Morgan fingerprint density at radius 1 is 0.679 bits per heavy atom. The third-order valence-corrected chi connectivity index (χ3v) is 10.2. The number of unbranched alkanes of at least 4 members (excludes halogenated alkanes) is 9. The van der Waals surface area contributed by atoms with Gasteiger partial charge in [-0.15, -0.1) is 0 Å². The van der Waals surface area contributed by atoms with Crippen molar-refractivity contribution in [2.45, 2.75) is 150 Å². The van der Waals surface area contributed by atoms with Crippen LogP contribution in [-0.4, -0.2) is 89.5 Å². The lowest BCUT2D eigenvalue weighted by Crippen LogP contribution is -2.59. The number of carbonyl (C=O) groups excluding carboxylic acids is 3. The Bertz CT molecular complexity index is 1350. The Morgan fingerprint density at radius 3 is 1.58 bits per heavy atom. The Labute approximate surface area is 328 Å². The topological polar surface area (TPSA) is 84.8 Å². The number of nitrogens with zero attached hydrogens (tertiary/aromatic N) is 9. The predicted molar refractivity (Wildman–Crippen MR) is 212 cm³/mol. The number of imidazole rings is 2. The summed E-state index contributed by atoms with van der Waals surface area (Å²) in [5.41, 5.74) is 0. The first-order chi connectivity index (χ1) is 25.8. The van der Waals surface area contributed by atoms with Crippen molar-refractivity contribution in [2.24, 2.45) is 0 Å². The van der Waals surface area contributed by atoms with E-state index in [1.165, 1.54) is 57.8 Å². The summed E-state index contributed by atoms with van der Waals surface area (Å²) in [6.45, 7) is 13.5. The summed E-state index contributed by atoms with van der Waals surface area (Å²) >= 11 is 3.64. The summed E-state index contributed by atoms with van der Waals surface area (Å²) in [7, 11) is 0. The molecule has 1 aliphatic rings. The number of amides is 3. The molecule has 0 N–H and O–H groups in total. The monoisotopic (exact) mass is 802 g/mol. The highest BCUT2D eigenvalue weighted by Gasteiger charge is 2.32. The number of allylic oxidation sites excluding steroid dienone is 1. The fraction of sp³-hybridized carbons (Fsp3) is 0.700. The van der Waals surface area contributed by atoms with Crippen LogP contribution >= 0.6 is 16.1 Å². The summed E-state index contributed by atoms with van der Waals surface area (Å²) in [6, 6.07) is 0. The third kappa shape index (κ3) is 17.0. The van der Waals surface area contributed by atoms with E-state index in [0.717, 1.165) is 38.9 Å². The van der Waals surface area contributed by atoms with Crippen molar-refractivity contribution in [1.82, 2.24) is 28.7 Å². The molecule has 296 valence electrons. The van der Waals surface area contributed by atoms with Gasteiger partial charge < -0.3 is 14.7 Å². The zero-order valence-corrected chi connectivity index (χ0v) is 34.9. The second kappa shape index (κ2) is 25.5. The van der Waals surface area contributed by atoms with E-state index >= 15 is 0 Å².